The highest BCUT2D eigenvalue weighted by Crippen LogP contribution is 2.09. The van der Waals surface area contributed by atoms with Crippen LogP contribution < -0.4 is 5.32 Å². The molecule has 0 fully saturated rings. The second-order valence-corrected chi connectivity index (χ2v) is 3.99. The monoisotopic (exact) mass is 197 g/mol. The van der Waals surface area contributed by atoms with Crippen molar-refractivity contribution in [1.82, 2.24) is 5.32 Å². The SMILES string of the molecule is [CH2]CC[CH]NC(CCC)CCCCC. The molecular formula is C13H27N. The fourth-order valence-corrected chi connectivity index (χ4v) is 1.65. The smallest absolute Gasteiger partial charge is 0.0223 e. The molecule has 0 aliphatic heterocycles. The van der Waals surface area contributed by atoms with Crippen LogP contribution in [0.2, 0.25) is 0 Å². The zero-order chi connectivity index (χ0) is 10.6. The Morgan fingerprint density at radius 3 is 2.50 bits per heavy atom. The van der Waals surface area contributed by atoms with Gasteiger partial charge in [0.15, 0.2) is 0 Å². The second kappa shape index (κ2) is 11.0. The molecule has 0 amide bonds. The number of hydrogen-bond donors (Lipinski definition) is 1. The Kier molecular flexibility index (Phi) is 11.0. The molecule has 0 aliphatic rings. The van der Waals surface area contributed by atoms with Gasteiger partial charge in [-0.3, -0.25) is 0 Å². The van der Waals surface area contributed by atoms with E-state index in [1.165, 1.54) is 38.5 Å². The maximum absolute atomic E-state index is 3.83. The van der Waals surface area contributed by atoms with Crippen LogP contribution in [0, 0.1) is 13.5 Å². The van der Waals surface area contributed by atoms with Crippen LogP contribution in [0.25, 0.3) is 0 Å². The Morgan fingerprint density at radius 1 is 1.14 bits per heavy atom. The zero-order valence-corrected chi connectivity index (χ0v) is 10.0. The first kappa shape index (κ1) is 14.0. The average Bonchev–Trinajstić information content (AvgIpc) is 2.18. The van der Waals surface area contributed by atoms with Crippen LogP contribution in [0.5, 0.6) is 0 Å². The lowest BCUT2D eigenvalue weighted by molar-refractivity contribution is 0.454. The molecule has 1 atom stereocenters. The highest BCUT2D eigenvalue weighted by atomic mass is 14.9. The molecule has 1 nitrogen and oxygen atoms in total. The minimum atomic E-state index is 0.707. The van der Waals surface area contributed by atoms with Crippen LogP contribution >= 0.6 is 0 Å². The van der Waals surface area contributed by atoms with Crippen molar-refractivity contribution in [2.24, 2.45) is 0 Å². The van der Waals surface area contributed by atoms with Crippen molar-refractivity contribution in [2.45, 2.75) is 71.3 Å². The maximum Gasteiger partial charge on any atom is 0.0223 e. The molecule has 0 rings (SSSR count). The van der Waals surface area contributed by atoms with Crippen LogP contribution in [-0.2, 0) is 0 Å². The molecule has 84 valence electrons. The van der Waals surface area contributed by atoms with Crippen molar-refractivity contribution >= 4 is 0 Å². The first-order chi connectivity index (χ1) is 6.85. The predicted octanol–water partition coefficient (Wildman–Crippen LogP) is 4.10. The number of hydrogen-bond acceptors (Lipinski definition) is 1. The van der Waals surface area contributed by atoms with E-state index >= 15 is 0 Å². The minimum Gasteiger partial charge on any atom is -0.310 e. The van der Waals surface area contributed by atoms with Crippen LogP contribution in [0.1, 0.15) is 65.2 Å². The van der Waals surface area contributed by atoms with Crippen LogP contribution in [0.3, 0.4) is 0 Å². The van der Waals surface area contributed by atoms with Gasteiger partial charge in [-0.25, -0.2) is 0 Å². The van der Waals surface area contributed by atoms with Crippen molar-refractivity contribution in [3.63, 3.8) is 0 Å². The molecule has 0 heterocycles. The highest BCUT2D eigenvalue weighted by molar-refractivity contribution is 4.72. The summed E-state index contributed by atoms with van der Waals surface area (Å²) in [6.45, 7) is 10.5. The molecule has 1 N–H and O–H groups in total. The fraction of sp³-hybridized carbons (Fsp3) is 0.846. The lowest BCUT2D eigenvalue weighted by Crippen LogP contribution is -2.26. The zero-order valence-electron chi connectivity index (χ0n) is 10.0. The highest BCUT2D eigenvalue weighted by Gasteiger charge is 2.05. The van der Waals surface area contributed by atoms with Gasteiger partial charge in [0.2, 0.25) is 0 Å². The normalized spacial score (nSPS) is 13.1. The molecular weight excluding hydrogens is 170 g/mol. The third kappa shape index (κ3) is 8.55. The summed E-state index contributed by atoms with van der Waals surface area (Å²) >= 11 is 0. The van der Waals surface area contributed by atoms with E-state index in [0.717, 1.165) is 12.8 Å². The summed E-state index contributed by atoms with van der Waals surface area (Å²) in [7, 11) is 0. The Hall–Kier alpha value is -0.0400. The molecule has 0 bridgehead atoms. The molecule has 0 aromatic carbocycles. The quantitative estimate of drug-likeness (QED) is 0.520. The van der Waals surface area contributed by atoms with Gasteiger partial charge in [-0.2, -0.15) is 0 Å². The molecule has 0 saturated carbocycles. The topological polar surface area (TPSA) is 12.0 Å². The summed E-state index contributed by atoms with van der Waals surface area (Å²) in [5, 5.41) is 3.52. The van der Waals surface area contributed by atoms with Gasteiger partial charge in [0.1, 0.15) is 0 Å². The lowest BCUT2D eigenvalue weighted by Gasteiger charge is -2.17. The second-order valence-electron chi connectivity index (χ2n) is 3.99. The summed E-state index contributed by atoms with van der Waals surface area (Å²) in [4.78, 5) is 0. The van der Waals surface area contributed by atoms with Crippen molar-refractivity contribution in [3.8, 4) is 0 Å². The maximum atomic E-state index is 3.83. The summed E-state index contributed by atoms with van der Waals surface area (Å²) in [5.41, 5.74) is 0. The number of rotatable bonds is 10. The van der Waals surface area contributed by atoms with Gasteiger partial charge in [-0.05, 0) is 19.3 Å². The Bertz CT molecular complexity index is 91.4. The summed E-state index contributed by atoms with van der Waals surface area (Å²) in [5.74, 6) is 0. The molecule has 0 saturated heterocycles. The minimum absolute atomic E-state index is 0.707. The van der Waals surface area contributed by atoms with E-state index in [0.29, 0.717) is 6.04 Å². The van der Waals surface area contributed by atoms with E-state index in [9.17, 15) is 0 Å². The van der Waals surface area contributed by atoms with Crippen LogP contribution in [0.4, 0.5) is 0 Å². The van der Waals surface area contributed by atoms with Gasteiger partial charge in [-0.15, -0.1) is 0 Å². The predicted molar refractivity (Wildman–Crippen MR) is 64.9 cm³/mol. The molecule has 0 aromatic heterocycles. The first-order valence-electron chi connectivity index (χ1n) is 6.22. The fourth-order valence-electron chi connectivity index (χ4n) is 1.65. The molecule has 1 heteroatoms. The van der Waals surface area contributed by atoms with Crippen molar-refractivity contribution in [3.05, 3.63) is 13.5 Å². The molecule has 14 heavy (non-hydrogen) atoms. The van der Waals surface area contributed by atoms with Gasteiger partial charge in [-0.1, -0.05) is 52.9 Å². The van der Waals surface area contributed by atoms with Crippen molar-refractivity contribution in [1.29, 1.82) is 0 Å². The Labute approximate surface area is 90.7 Å². The lowest BCUT2D eigenvalue weighted by atomic mass is 10.0. The molecule has 2 radical (unpaired) electrons. The Morgan fingerprint density at radius 2 is 1.93 bits per heavy atom. The van der Waals surface area contributed by atoms with E-state index in [-0.39, 0.29) is 0 Å². The third-order valence-corrected chi connectivity index (χ3v) is 2.50. The van der Waals surface area contributed by atoms with Crippen molar-refractivity contribution < 1.29 is 0 Å². The molecule has 0 spiro atoms. The van der Waals surface area contributed by atoms with Gasteiger partial charge < -0.3 is 5.32 Å². The van der Waals surface area contributed by atoms with E-state index in [1.54, 1.807) is 0 Å². The molecule has 0 aliphatic carbocycles. The average molecular weight is 197 g/mol. The third-order valence-electron chi connectivity index (χ3n) is 2.50. The van der Waals surface area contributed by atoms with E-state index in [1.807, 2.05) is 0 Å². The van der Waals surface area contributed by atoms with E-state index in [2.05, 4.69) is 32.6 Å². The molecule has 0 aromatic rings. The summed E-state index contributed by atoms with van der Waals surface area (Å²) in [6, 6.07) is 0.707. The van der Waals surface area contributed by atoms with E-state index < -0.39 is 0 Å². The van der Waals surface area contributed by atoms with Gasteiger partial charge in [0.25, 0.3) is 0 Å². The molecule has 1 unspecified atom stereocenters. The standard InChI is InChI=1S/C13H27N/c1-4-7-9-11-13(10-6-3)14-12-8-5-2/h12-14H,2,4-11H2,1,3H3. The Balaban J connectivity index is 3.44. The summed E-state index contributed by atoms with van der Waals surface area (Å²) < 4.78 is 0. The number of nitrogens with one attached hydrogen (secondary N) is 1. The first-order valence-corrected chi connectivity index (χ1v) is 6.22. The largest absolute Gasteiger partial charge is 0.310 e. The van der Waals surface area contributed by atoms with E-state index in [4.69, 9.17) is 0 Å². The summed E-state index contributed by atoms with van der Waals surface area (Å²) in [6.07, 6.45) is 10.1. The van der Waals surface area contributed by atoms with Gasteiger partial charge >= 0.3 is 0 Å². The van der Waals surface area contributed by atoms with Crippen LogP contribution in [-0.4, -0.2) is 6.04 Å². The van der Waals surface area contributed by atoms with Crippen LogP contribution in [0.15, 0.2) is 0 Å². The van der Waals surface area contributed by atoms with Gasteiger partial charge in [0.05, 0.1) is 0 Å². The number of unbranched alkanes of at least 4 members (excludes halogenated alkanes) is 3. The van der Waals surface area contributed by atoms with Crippen molar-refractivity contribution in [2.75, 3.05) is 0 Å². The van der Waals surface area contributed by atoms with Gasteiger partial charge in [0, 0.05) is 12.6 Å².